The number of aliphatic hydroxyl groups is 1. The van der Waals surface area contributed by atoms with Gasteiger partial charge in [-0.25, -0.2) is 8.78 Å². The van der Waals surface area contributed by atoms with Crippen LogP contribution in [-0.2, 0) is 0 Å². The molecule has 1 aromatic carbocycles. The SMILES string of the molecule is CN(C)CC1(COc2nc(N3CCCC(C)(O)C3)c3cc(F)c(Br)c(F)c3n2)CC1. The summed E-state index contributed by atoms with van der Waals surface area (Å²) in [5.74, 6) is -1.11. The molecule has 1 N–H and O–H groups in total. The average molecular weight is 485 g/mol. The number of nitrogens with zero attached hydrogens (tertiary/aromatic N) is 4. The van der Waals surface area contributed by atoms with Crippen LogP contribution < -0.4 is 9.64 Å². The van der Waals surface area contributed by atoms with Crippen LogP contribution in [0, 0.1) is 17.0 Å². The third kappa shape index (κ3) is 4.38. The molecule has 6 nitrogen and oxygen atoms in total. The molecule has 30 heavy (non-hydrogen) atoms. The van der Waals surface area contributed by atoms with Crippen LogP contribution in [0.2, 0.25) is 0 Å². The number of rotatable bonds is 6. The summed E-state index contributed by atoms with van der Waals surface area (Å²) in [6.45, 7) is 4.05. The van der Waals surface area contributed by atoms with Gasteiger partial charge in [0.25, 0.3) is 0 Å². The van der Waals surface area contributed by atoms with E-state index in [0.717, 1.165) is 25.8 Å². The lowest BCUT2D eigenvalue weighted by molar-refractivity contribution is 0.0447. The van der Waals surface area contributed by atoms with E-state index in [1.807, 2.05) is 19.0 Å². The van der Waals surface area contributed by atoms with E-state index in [1.165, 1.54) is 6.07 Å². The first-order valence-electron chi connectivity index (χ1n) is 10.2. The molecule has 1 aromatic heterocycles. The number of piperidine rings is 1. The number of anilines is 1. The number of ether oxygens (including phenoxy) is 1. The first-order valence-corrected chi connectivity index (χ1v) is 11.0. The molecular weight excluding hydrogens is 458 g/mol. The Labute approximate surface area is 183 Å². The molecule has 2 fully saturated rings. The van der Waals surface area contributed by atoms with Gasteiger partial charge in [0, 0.05) is 30.4 Å². The fraction of sp³-hybridized carbons (Fsp3) is 0.619. The third-order valence-electron chi connectivity index (χ3n) is 5.88. The lowest BCUT2D eigenvalue weighted by Crippen LogP contribution is -2.46. The lowest BCUT2D eigenvalue weighted by atomic mass is 9.95. The predicted molar refractivity (Wildman–Crippen MR) is 115 cm³/mol. The van der Waals surface area contributed by atoms with Crippen molar-refractivity contribution in [1.29, 1.82) is 0 Å². The fourth-order valence-corrected chi connectivity index (χ4v) is 4.56. The second-order valence-corrected chi connectivity index (χ2v) is 10.1. The average Bonchev–Trinajstić information content (AvgIpc) is 3.42. The van der Waals surface area contributed by atoms with Crippen molar-refractivity contribution in [2.45, 2.75) is 38.2 Å². The smallest absolute Gasteiger partial charge is 0.319 e. The maximum absolute atomic E-state index is 14.9. The Balaban J connectivity index is 1.73. The second kappa shape index (κ2) is 7.84. The predicted octanol–water partition coefficient (Wildman–Crippen LogP) is 3.74. The summed E-state index contributed by atoms with van der Waals surface area (Å²) in [6.07, 6.45) is 3.54. The van der Waals surface area contributed by atoms with Crippen LogP contribution in [0.3, 0.4) is 0 Å². The number of halogens is 3. The van der Waals surface area contributed by atoms with Gasteiger partial charge in [0.1, 0.15) is 17.2 Å². The number of β-amino-alcohol motifs (C(OH)–C–C–N with tert-alkyl or cyclic N) is 1. The van der Waals surface area contributed by atoms with E-state index < -0.39 is 17.2 Å². The zero-order valence-corrected chi connectivity index (χ0v) is 19.1. The second-order valence-electron chi connectivity index (χ2n) is 9.26. The van der Waals surface area contributed by atoms with Crippen LogP contribution in [0.1, 0.15) is 32.6 Å². The van der Waals surface area contributed by atoms with E-state index in [0.29, 0.717) is 31.9 Å². The van der Waals surface area contributed by atoms with Crippen LogP contribution in [-0.4, -0.2) is 65.9 Å². The Morgan fingerprint density at radius 3 is 2.63 bits per heavy atom. The van der Waals surface area contributed by atoms with Crippen molar-refractivity contribution < 1.29 is 18.6 Å². The molecule has 4 rings (SSSR count). The molecule has 2 heterocycles. The zero-order valence-electron chi connectivity index (χ0n) is 17.5. The molecule has 2 aromatic rings. The number of hydrogen-bond donors (Lipinski definition) is 1. The molecule has 1 unspecified atom stereocenters. The topological polar surface area (TPSA) is 61.7 Å². The van der Waals surface area contributed by atoms with E-state index in [4.69, 9.17) is 4.74 Å². The molecule has 1 aliphatic carbocycles. The minimum absolute atomic E-state index is 0.00551. The third-order valence-corrected chi connectivity index (χ3v) is 6.60. The molecule has 0 bridgehead atoms. The number of fused-ring (bicyclic) bond motifs is 1. The van der Waals surface area contributed by atoms with Crippen molar-refractivity contribution >= 4 is 32.7 Å². The molecular formula is C21H27BrF2N4O2. The van der Waals surface area contributed by atoms with Crippen LogP contribution >= 0.6 is 15.9 Å². The fourth-order valence-electron chi connectivity index (χ4n) is 4.26. The molecule has 1 saturated carbocycles. The van der Waals surface area contributed by atoms with E-state index in [9.17, 15) is 13.9 Å². The van der Waals surface area contributed by atoms with Gasteiger partial charge in [-0.1, -0.05) is 0 Å². The first kappa shape index (κ1) is 21.6. The van der Waals surface area contributed by atoms with Crippen molar-refractivity contribution in [3.8, 4) is 6.01 Å². The quantitative estimate of drug-likeness (QED) is 0.630. The van der Waals surface area contributed by atoms with Crippen LogP contribution in [0.5, 0.6) is 6.01 Å². The lowest BCUT2D eigenvalue weighted by Gasteiger charge is -2.38. The Bertz CT molecular complexity index is 966. The van der Waals surface area contributed by atoms with Gasteiger partial charge in [-0.2, -0.15) is 9.97 Å². The molecule has 9 heteroatoms. The van der Waals surface area contributed by atoms with Crippen LogP contribution in [0.15, 0.2) is 10.5 Å². The highest BCUT2D eigenvalue weighted by Gasteiger charge is 2.44. The zero-order chi connectivity index (χ0) is 21.7. The molecule has 1 atom stereocenters. The summed E-state index contributed by atoms with van der Waals surface area (Å²) in [7, 11) is 4.04. The van der Waals surface area contributed by atoms with Gasteiger partial charge >= 0.3 is 6.01 Å². The summed E-state index contributed by atoms with van der Waals surface area (Å²) in [5.41, 5.74) is -0.822. The van der Waals surface area contributed by atoms with Gasteiger partial charge in [0.05, 0.1) is 16.7 Å². The van der Waals surface area contributed by atoms with Gasteiger partial charge in [-0.3, -0.25) is 0 Å². The van der Waals surface area contributed by atoms with E-state index in [2.05, 4.69) is 30.8 Å². The summed E-state index contributed by atoms with van der Waals surface area (Å²) >= 11 is 2.96. The largest absolute Gasteiger partial charge is 0.463 e. The summed E-state index contributed by atoms with van der Waals surface area (Å²) < 4.78 is 34.9. The van der Waals surface area contributed by atoms with E-state index >= 15 is 0 Å². The first-order chi connectivity index (χ1) is 14.1. The number of hydrogen-bond acceptors (Lipinski definition) is 6. The maximum Gasteiger partial charge on any atom is 0.319 e. The van der Waals surface area contributed by atoms with Gasteiger partial charge in [-0.05, 0) is 68.7 Å². The molecule has 164 valence electrons. The molecule has 0 spiro atoms. The highest BCUT2D eigenvalue weighted by atomic mass is 79.9. The molecule has 2 aliphatic rings. The summed E-state index contributed by atoms with van der Waals surface area (Å²) in [4.78, 5) is 12.8. The van der Waals surface area contributed by atoms with Crippen molar-refractivity contribution in [3.63, 3.8) is 0 Å². The Morgan fingerprint density at radius 1 is 1.27 bits per heavy atom. The van der Waals surface area contributed by atoms with Gasteiger partial charge in [0.2, 0.25) is 0 Å². The Morgan fingerprint density at radius 2 is 2.00 bits per heavy atom. The normalized spacial score (nSPS) is 23.3. The standard InChI is InChI=1S/C21H27BrF2N4O2/c1-20(29)5-4-8-28(10-20)18-13-9-14(23)15(22)16(24)17(13)25-19(26-18)30-12-21(6-7-21)11-27(2)3/h9,29H,4-8,10-12H2,1-3H3. The van der Waals surface area contributed by atoms with E-state index in [1.54, 1.807) is 6.92 Å². The number of aromatic nitrogens is 2. The van der Waals surface area contributed by atoms with Crippen molar-refractivity contribution in [1.82, 2.24) is 14.9 Å². The minimum atomic E-state index is -0.896. The maximum atomic E-state index is 14.9. The molecule has 0 amide bonds. The van der Waals surface area contributed by atoms with Crippen LogP contribution in [0.4, 0.5) is 14.6 Å². The molecule has 1 aliphatic heterocycles. The number of benzene rings is 1. The summed E-state index contributed by atoms with van der Waals surface area (Å²) in [5, 5.41) is 10.8. The summed E-state index contributed by atoms with van der Waals surface area (Å²) in [6, 6.07) is 1.31. The highest BCUT2D eigenvalue weighted by Crippen LogP contribution is 2.46. The van der Waals surface area contributed by atoms with Crippen molar-refractivity contribution in [2.75, 3.05) is 45.2 Å². The van der Waals surface area contributed by atoms with Gasteiger partial charge in [0.15, 0.2) is 5.82 Å². The molecule has 1 saturated heterocycles. The highest BCUT2D eigenvalue weighted by molar-refractivity contribution is 9.10. The van der Waals surface area contributed by atoms with Crippen LogP contribution in [0.25, 0.3) is 10.9 Å². The van der Waals surface area contributed by atoms with Crippen molar-refractivity contribution in [3.05, 3.63) is 22.2 Å². The van der Waals surface area contributed by atoms with E-state index in [-0.39, 0.29) is 26.8 Å². The molecule has 0 radical (unpaired) electrons. The Hall–Kier alpha value is -1.58. The van der Waals surface area contributed by atoms with Gasteiger partial charge < -0.3 is 19.6 Å². The van der Waals surface area contributed by atoms with Gasteiger partial charge in [-0.15, -0.1) is 0 Å². The Kier molecular flexibility index (Phi) is 5.65. The monoisotopic (exact) mass is 484 g/mol. The van der Waals surface area contributed by atoms with Crippen molar-refractivity contribution in [2.24, 2.45) is 5.41 Å². The minimum Gasteiger partial charge on any atom is -0.463 e.